The molecule has 0 aliphatic heterocycles. The lowest BCUT2D eigenvalue weighted by Crippen LogP contribution is -2.28. The summed E-state index contributed by atoms with van der Waals surface area (Å²) in [4.78, 5) is 28.0. The molecule has 0 bridgehead atoms. The summed E-state index contributed by atoms with van der Waals surface area (Å²) in [6.07, 6.45) is 3.42. The van der Waals surface area contributed by atoms with Gasteiger partial charge in [0.15, 0.2) is 5.69 Å². The minimum atomic E-state index is -4.56. The number of hydrogen-bond donors (Lipinski definition) is 2. The Morgan fingerprint density at radius 3 is 2.66 bits per heavy atom. The fourth-order valence-corrected chi connectivity index (χ4v) is 6.40. The quantitative estimate of drug-likeness (QED) is 0.415. The maximum atomic E-state index is 13.4. The normalized spacial score (nSPS) is 19.3. The average Bonchev–Trinajstić information content (AvgIpc) is 3.78. The highest BCUT2D eigenvalue weighted by molar-refractivity contribution is 7.12. The second kappa shape index (κ2) is 9.51. The van der Waals surface area contributed by atoms with Crippen molar-refractivity contribution in [2.45, 2.75) is 63.6 Å². The van der Waals surface area contributed by atoms with Crippen molar-refractivity contribution in [3.8, 4) is 0 Å². The first-order valence-electron chi connectivity index (χ1n) is 12.9. The number of halogens is 3. The first-order valence-corrected chi connectivity index (χ1v) is 13.7. The summed E-state index contributed by atoms with van der Waals surface area (Å²) in [7, 11) is 1.42. The van der Waals surface area contributed by atoms with Gasteiger partial charge >= 0.3 is 6.18 Å². The zero-order valence-corrected chi connectivity index (χ0v) is 21.7. The molecule has 202 valence electrons. The number of nitrogens with zero attached hydrogens (tertiary/aromatic N) is 5. The van der Waals surface area contributed by atoms with Crippen LogP contribution in [0.15, 0.2) is 12.4 Å². The summed E-state index contributed by atoms with van der Waals surface area (Å²) in [6, 6.07) is 0.828. The molecule has 2 N–H and O–H groups in total. The van der Waals surface area contributed by atoms with Gasteiger partial charge in [0.05, 0.1) is 5.56 Å². The summed E-state index contributed by atoms with van der Waals surface area (Å²) in [5, 5.41) is 17.6. The van der Waals surface area contributed by atoms with Crippen molar-refractivity contribution >= 4 is 34.8 Å². The molecule has 0 saturated heterocycles. The molecular formula is C25H28F3N7O2S. The number of hydrogen-bond acceptors (Lipinski definition) is 7. The number of anilines is 2. The lowest BCUT2D eigenvalue weighted by atomic mass is 9.90. The standard InChI is InChI=1S/C25H28F3N7O2S/c1-34-21(10-20(33-34)25(26,27)28)31-24-32-30-12-35(24)15-6-7-18-16(8-15)22(23(37)29-11-13-2-3-13)19(38-18)9-17(36)14-4-5-14/h10,12-15H,2-9,11H2,1H3,(H,29,37)(H,31,32)/t15-/m0/s1. The summed E-state index contributed by atoms with van der Waals surface area (Å²) in [5.41, 5.74) is 0.593. The molecule has 0 spiro atoms. The van der Waals surface area contributed by atoms with Crippen molar-refractivity contribution in [3.05, 3.63) is 39.0 Å². The van der Waals surface area contributed by atoms with E-state index in [1.165, 1.54) is 7.05 Å². The molecule has 3 aliphatic carbocycles. The van der Waals surface area contributed by atoms with Crippen LogP contribution in [0.2, 0.25) is 0 Å². The van der Waals surface area contributed by atoms with Crippen LogP contribution < -0.4 is 10.6 Å². The Kier molecular flexibility index (Phi) is 6.28. The van der Waals surface area contributed by atoms with Crippen LogP contribution in [0.3, 0.4) is 0 Å². The van der Waals surface area contributed by atoms with Crippen LogP contribution in [0.1, 0.15) is 69.5 Å². The number of alkyl halides is 3. The van der Waals surface area contributed by atoms with Gasteiger partial charge in [-0.3, -0.25) is 18.8 Å². The Morgan fingerprint density at radius 1 is 1.18 bits per heavy atom. The van der Waals surface area contributed by atoms with Crippen LogP contribution in [-0.4, -0.2) is 42.8 Å². The summed E-state index contributed by atoms with van der Waals surface area (Å²) >= 11 is 1.57. The number of ketones is 1. The topological polar surface area (TPSA) is 107 Å². The molecule has 0 unspecified atom stereocenters. The zero-order valence-electron chi connectivity index (χ0n) is 20.8. The summed E-state index contributed by atoms with van der Waals surface area (Å²) in [6.45, 7) is 0.646. The van der Waals surface area contributed by atoms with E-state index >= 15 is 0 Å². The second-order valence-electron chi connectivity index (χ2n) is 10.5. The molecule has 6 rings (SSSR count). The van der Waals surface area contributed by atoms with Crippen LogP contribution in [0.4, 0.5) is 24.9 Å². The molecule has 2 saturated carbocycles. The SMILES string of the molecule is Cn1nc(C(F)(F)F)cc1Nc1nncn1[C@H]1CCc2sc(CC(=O)C3CC3)c(C(=O)NCC3CC3)c2C1. The van der Waals surface area contributed by atoms with Gasteiger partial charge in [0.25, 0.3) is 5.91 Å². The van der Waals surface area contributed by atoms with E-state index in [-0.39, 0.29) is 29.5 Å². The van der Waals surface area contributed by atoms with Crippen molar-refractivity contribution in [2.75, 3.05) is 11.9 Å². The molecule has 1 atom stereocenters. The molecule has 3 aliphatic rings. The van der Waals surface area contributed by atoms with E-state index in [1.54, 1.807) is 17.7 Å². The van der Waals surface area contributed by atoms with E-state index in [0.717, 1.165) is 64.6 Å². The maximum absolute atomic E-state index is 13.4. The van der Waals surface area contributed by atoms with E-state index in [9.17, 15) is 22.8 Å². The van der Waals surface area contributed by atoms with Gasteiger partial charge in [-0.2, -0.15) is 18.3 Å². The summed E-state index contributed by atoms with van der Waals surface area (Å²) in [5.74, 6) is 1.18. The Labute approximate surface area is 220 Å². The largest absolute Gasteiger partial charge is 0.435 e. The second-order valence-corrected chi connectivity index (χ2v) is 11.7. The predicted molar refractivity (Wildman–Crippen MR) is 133 cm³/mol. The fraction of sp³-hybridized carbons (Fsp3) is 0.560. The lowest BCUT2D eigenvalue weighted by Gasteiger charge is -2.25. The van der Waals surface area contributed by atoms with Crippen molar-refractivity contribution in [2.24, 2.45) is 18.9 Å². The van der Waals surface area contributed by atoms with Gasteiger partial charge in [-0.05, 0) is 56.4 Å². The van der Waals surface area contributed by atoms with Crippen LogP contribution in [0, 0.1) is 11.8 Å². The third kappa shape index (κ3) is 5.07. The van der Waals surface area contributed by atoms with Crippen molar-refractivity contribution in [1.82, 2.24) is 29.9 Å². The van der Waals surface area contributed by atoms with Crippen LogP contribution in [0.5, 0.6) is 0 Å². The Hall–Kier alpha value is -3.22. The van der Waals surface area contributed by atoms with Crippen molar-refractivity contribution < 1.29 is 22.8 Å². The molecule has 13 heteroatoms. The third-order valence-electron chi connectivity index (χ3n) is 7.53. The molecule has 38 heavy (non-hydrogen) atoms. The Balaban J connectivity index is 1.26. The Morgan fingerprint density at radius 2 is 1.97 bits per heavy atom. The molecule has 0 radical (unpaired) electrons. The van der Waals surface area contributed by atoms with E-state index in [2.05, 4.69) is 25.9 Å². The van der Waals surface area contributed by atoms with Crippen LogP contribution >= 0.6 is 11.3 Å². The van der Waals surface area contributed by atoms with Gasteiger partial charge in [-0.1, -0.05) is 0 Å². The van der Waals surface area contributed by atoms with Gasteiger partial charge in [0.1, 0.15) is 17.9 Å². The zero-order chi connectivity index (χ0) is 26.6. The van der Waals surface area contributed by atoms with Crippen LogP contribution in [0.25, 0.3) is 0 Å². The number of fused-ring (bicyclic) bond motifs is 1. The minimum absolute atomic E-state index is 0.105. The minimum Gasteiger partial charge on any atom is -0.352 e. The highest BCUT2D eigenvalue weighted by Crippen LogP contribution is 2.41. The number of aryl methyl sites for hydroxylation is 2. The van der Waals surface area contributed by atoms with Gasteiger partial charge < -0.3 is 10.6 Å². The van der Waals surface area contributed by atoms with Crippen molar-refractivity contribution in [3.63, 3.8) is 0 Å². The number of Topliss-reactive ketones (excluding diaryl/α,β-unsaturated/α-hetero) is 1. The molecule has 2 fully saturated rings. The van der Waals surface area contributed by atoms with Crippen molar-refractivity contribution in [1.29, 1.82) is 0 Å². The van der Waals surface area contributed by atoms with Crippen LogP contribution in [-0.2, 0) is 37.3 Å². The molecule has 3 aromatic rings. The van der Waals surface area contributed by atoms with Gasteiger partial charge in [0.2, 0.25) is 5.95 Å². The molecule has 3 aromatic heterocycles. The first kappa shape index (κ1) is 25.1. The van der Waals surface area contributed by atoms with E-state index in [1.807, 2.05) is 4.57 Å². The fourth-order valence-electron chi connectivity index (χ4n) is 5.04. The number of amides is 1. The Bertz CT molecular complexity index is 1380. The number of thiophene rings is 1. The lowest BCUT2D eigenvalue weighted by molar-refractivity contribution is -0.141. The third-order valence-corrected chi connectivity index (χ3v) is 8.82. The van der Waals surface area contributed by atoms with E-state index in [0.29, 0.717) is 36.8 Å². The molecular weight excluding hydrogens is 519 g/mol. The molecule has 9 nitrogen and oxygen atoms in total. The van der Waals surface area contributed by atoms with Gasteiger partial charge in [0, 0.05) is 47.8 Å². The number of rotatable bonds is 9. The monoisotopic (exact) mass is 547 g/mol. The smallest absolute Gasteiger partial charge is 0.352 e. The highest BCUT2D eigenvalue weighted by atomic mass is 32.1. The van der Waals surface area contributed by atoms with Gasteiger partial charge in [-0.25, -0.2) is 0 Å². The predicted octanol–water partition coefficient (Wildman–Crippen LogP) is 4.23. The van der Waals surface area contributed by atoms with Gasteiger partial charge in [-0.15, -0.1) is 21.5 Å². The number of carbonyl (C=O) groups is 2. The van der Waals surface area contributed by atoms with E-state index in [4.69, 9.17) is 0 Å². The molecule has 1 amide bonds. The number of nitrogens with one attached hydrogen (secondary N) is 2. The summed E-state index contributed by atoms with van der Waals surface area (Å²) < 4.78 is 42.3. The first-order chi connectivity index (χ1) is 18.2. The average molecular weight is 548 g/mol. The number of carbonyl (C=O) groups excluding carboxylic acids is 2. The van der Waals surface area contributed by atoms with E-state index < -0.39 is 11.9 Å². The maximum Gasteiger partial charge on any atom is 0.435 e. The number of aromatic nitrogens is 5. The molecule has 3 heterocycles. The molecule has 0 aromatic carbocycles. The highest BCUT2D eigenvalue weighted by Gasteiger charge is 2.36.